The number of fused-ring (bicyclic) bond motifs is 1. The molecule has 0 radical (unpaired) electrons. The molecule has 8 heteroatoms. The van der Waals surface area contributed by atoms with E-state index in [4.69, 9.17) is 11.6 Å². The zero-order chi connectivity index (χ0) is 17.2. The minimum Gasteiger partial charge on any atom is -0.291 e. The lowest BCUT2D eigenvalue weighted by Crippen LogP contribution is -2.42. The van der Waals surface area contributed by atoms with Crippen LogP contribution in [0, 0.1) is 0 Å². The number of nitrogens with one attached hydrogen (secondary N) is 1. The summed E-state index contributed by atoms with van der Waals surface area (Å²) in [4.78, 5) is 2.30. The van der Waals surface area contributed by atoms with E-state index in [1.54, 1.807) is 13.1 Å². The van der Waals surface area contributed by atoms with E-state index in [9.17, 15) is 8.42 Å². The van der Waals surface area contributed by atoms with E-state index in [0.29, 0.717) is 6.54 Å². The molecule has 24 heavy (non-hydrogen) atoms. The van der Waals surface area contributed by atoms with E-state index in [0.717, 1.165) is 30.4 Å². The van der Waals surface area contributed by atoms with Gasteiger partial charge in [-0.15, -0.1) is 0 Å². The van der Waals surface area contributed by atoms with E-state index in [1.165, 1.54) is 5.56 Å². The third-order valence-corrected chi connectivity index (χ3v) is 5.81. The molecule has 0 saturated heterocycles. The van der Waals surface area contributed by atoms with Crippen LogP contribution in [0.2, 0.25) is 5.02 Å². The van der Waals surface area contributed by atoms with Crippen molar-refractivity contribution < 1.29 is 8.42 Å². The van der Waals surface area contributed by atoms with Gasteiger partial charge in [0, 0.05) is 37.4 Å². The Kier molecular flexibility index (Phi) is 5.24. The van der Waals surface area contributed by atoms with Crippen LogP contribution in [0.25, 0.3) is 0 Å². The SMILES string of the molecule is CCS(=O)(=O)NCC1CN(Cc2ccc(Cl)cc2)Cc2ccnn21. The van der Waals surface area contributed by atoms with E-state index in [2.05, 4.69) is 14.7 Å². The van der Waals surface area contributed by atoms with Crippen LogP contribution in [0.5, 0.6) is 0 Å². The molecule has 0 amide bonds. The van der Waals surface area contributed by atoms with Crippen molar-refractivity contribution in [1.82, 2.24) is 19.4 Å². The smallest absolute Gasteiger partial charge is 0.211 e. The molecule has 0 aliphatic carbocycles. The van der Waals surface area contributed by atoms with Gasteiger partial charge in [0.2, 0.25) is 10.0 Å². The molecule has 6 nitrogen and oxygen atoms in total. The summed E-state index contributed by atoms with van der Waals surface area (Å²) in [5.74, 6) is 0.0835. The summed E-state index contributed by atoms with van der Waals surface area (Å²) in [5, 5.41) is 5.08. The van der Waals surface area contributed by atoms with Crippen LogP contribution in [0.15, 0.2) is 36.5 Å². The number of nitrogens with zero attached hydrogens (tertiary/aromatic N) is 3. The van der Waals surface area contributed by atoms with Gasteiger partial charge >= 0.3 is 0 Å². The third-order valence-electron chi connectivity index (χ3n) is 4.19. The first-order valence-electron chi connectivity index (χ1n) is 7.93. The van der Waals surface area contributed by atoms with E-state index in [-0.39, 0.29) is 11.8 Å². The minimum absolute atomic E-state index is 0.0163. The predicted octanol–water partition coefficient (Wildman–Crippen LogP) is 2.03. The average Bonchev–Trinajstić information content (AvgIpc) is 3.03. The van der Waals surface area contributed by atoms with Crippen molar-refractivity contribution in [3.8, 4) is 0 Å². The average molecular weight is 369 g/mol. The van der Waals surface area contributed by atoms with Crippen molar-refractivity contribution in [1.29, 1.82) is 0 Å². The number of rotatable bonds is 6. The van der Waals surface area contributed by atoms with Gasteiger partial charge in [-0.25, -0.2) is 13.1 Å². The summed E-state index contributed by atoms with van der Waals surface area (Å²) in [5.41, 5.74) is 2.27. The van der Waals surface area contributed by atoms with Gasteiger partial charge in [-0.05, 0) is 30.7 Å². The largest absolute Gasteiger partial charge is 0.291 e. The Morgan fingerprint density at radius 2 is 2.04 bits per heavy atom. The van der Waals surface area contributed by atoms with Gasteiger partial charge in [-0.2, -0.15) is 5.10 Å². The molecule has 1 aromatic carbocycles. The number of hydrogen-bond donors (Lipinski definition) is 1. The van der Waals surface area contributed by atoms with Crippen molar-refractivity contribution in [3.63, 3.8) is 0 Å². The highest BCUT2D eigenvalue weighted by Crippen LogP contribution is 2.22. The molecule has 0 saturated carbocycles. The fraction of sp³-hybridized carbons (Fsp3) is 0.438. The lowest BCUT2D eigenvalue weighted by Gasteiger charge is -2.34. The standard InChI is InChI=1S/C16H21ClN4O2S/c1-2-24(22,23)19-9-16-12-20(11-15-7-8-18-21(15)16)10-13-3-5-14(17)6-4-13/h3-8,16,19H,2,9-12H2,1H3. The lowest BCUT2D eigenvalue weighted by atomic mass is 10.1. The monoisotopic (exact) mass is 368 g/mol. The van der Waals surface area contributed by atoms with Gasteiger partial charge in [-0.3, -0.25) is 9.58 Å². The second kappa shape index (κ2) is 7.23. The summed E-state index contributed by atoms with van der Waals surface area (Å²) in [7, 11) is -3.21. The quantitative estimate of drug-likeness (QED) is 0.847. The molecule has 1 aromatic heterocycles. The molecule has 0 bridgehead atoms. The first-order valence-corrected chi connectivity index (χ1v) is 9.96. The van der Waals surface area contributed by atoms with Crippen molar-refractivity contribution in [2.45, 2.75) is 26.1 Å². The van der Waals surface area contributed by atoms with Crippen LogP contribution >= 0.6 is 11.6 Å². The van der Waals surface area contributed by atoms with Crippen molar-refractivity contribution in [3.05, 3.63) is 52.8 Å². The highest BCUT2D eigenvalue weighted by Gasteiger charge is 2.26. The Morgan fingerprint density at radius 3 is 2.75 bits per heavy atom. The second-order valence-electron chi connectivity index (χ2n) is 5.97. The first kappa shape index (κ1) is 17.4. The fourth-order valence-electron chi connectivity index (χ4n) is 2.91. The van der Waals surface area contributed by atoms with Gasteiger partial charge in [0.15, 0.2) is 0 Å². The Balaban J connectivity index is 1.72. The highest BCUT2D eigenvalue weighted by atomic mass is 35.5. The maximum absolute atomic E-state index is 11.7. The van der Waals surface area contributed by atoms with Crippen molar-refractivity contribution in [2.24, 2.45) is 0 Å². The summed E-state index contributed by atoms with van der Waals surface area (Å²) < 4.78 is 28.1. The molecule has 2 aromatic rings. The van der Waals surface area contributed by atoms with E-state index >= 15 is 0 Å². The van der Waals surface area contributed by atoms with Gasteiger partial charge in [0.25, 0.3) is 0 Å². The summed E-state index contributed by atoms with van der Waals surface area (Å²) in [6, 6.07) is 9.77. The maximum Gasteiger partial charge on any atom is 0.211 e. The normalized spacial score (nSPS) is 18.5. The zero-order valence-electron chi connectivity index (χ0n) is 13.5. The summed E-state index contributed by atoms with van der Waals surface area (Å²) >= 11 is 5.94. The van der Waals surface area contributed by atoms with Crippen LogP contribution in [0.4, 0.5) is 0 Å². The second-order valence-corrected chi connectivity index (χ2v) is 8.50. The van der Waals surface area contributed by atoms with Crippen molar-refractivity contribution in [2.75, 3.05) is 18.8 Å². The molecule has 1 unspecified atom stereocenters. The van der Waals surface area contributed by atoms with Gasteiger partial charge in [-0.1, -0.05) is 23.7 Å². The van der Waals surface area contributed by atoms with Gasteiger partial charge < -0.3 is 0 Å². The topological polar surface area (TPSA) is 67.2 Å². The molecule has 0 fully saturated rings. The molecule has 2 heterocycles. The number of aromatic nitrogens is 2. The maximum atomic E-state index is 11.7. The van der Waals surface area contributed by atoms with E-state index < -0.39 is 10.0 Å². The number of benzene rings is 1. The Labute approximate surface area is 147 Å². The lowest BCUT2D eigenvalue weighted by molar-refractivity contribution is 0.168. The number of halogens is 1. The van der Waals surface area contributed by atoms with Crippen LogP contribution in [0.1, 0.15) is 24.2 Å². The Morgan fingerprint density at radius 1 is 1.29 bits per heavy atom. The molecule has 130 valence electrons. The molecule has 1 aliphatic heterocycles. The van der Waals surface area contributed by atoms with Crippen LogP contribution in [-0.4, -0.2) is 41.9 Å². The molecular formula is C16H21ClN4O2S. The Bertz CT molecular complexity index is 789. The van der Waals surface area contributed by atoms with E-state index in [1.807, 2.05) is 35.0 Å². The fourth-order valence-corrected chi connectivity index (χ4v) is 3.69. The van der Waals surface area contributed by atoms with Crippen LogP contribution < -0.4 is 4.72 Å². The van der Waals surface area contributed by atoms with Gasteiger partial charge in [0.1, 0.15) is 0 Å². The molecule has 0 spiro atoms. The van der Waals surface area contributed by atoms with Crippen LogP contribution in [0.3, 0.4) is 0 Å². The molecular weight excluding hydrogens is 348 g/mol. The van der Waals surface area contributed by atoms with Crippen molar-refractivity contribution >= 4 is 21.6 Å². The molecule has 1 N–H and O–H groups in total. The first-order chi connectivity index (χ1) is 11.5. The predicted molar refractivity (Wildman–Crippen MR) is 94.3 cm³/mol. The zero-order valence-corrected chi connectivity index (χ0v) is 15.1. The van der Waals surface area contributed by atoms with Crippen LogP contribution in [-0.2, 0) is 23.1 Å². The number of hydrogen-bond acceptors (Lipinski definition) is 4. The molecule has 1 atom stereocenters. The third kappa shape index (κ3) is 4.16. The van der Waals surface area contributed by atoms with Gasteiger partial charge in [0.05, 0.1) is 17.5 Å². The molecule has 1 aliphatic rings. The molecule has 3 rings (SSSR count). The minimum atomic E-state index is -3.21. The summed E-state index contributed by atoms with van der Waals surface area (Å²) in [6.07, 6.45) is 1.77. The Hall–Kier alpha value is -1.41. The summed E-state index contributed by atoms with van der Waals surface area (Å²) in [6.45, 7) is 4.31. The number of sulfonamides is 1. The highest BCUT2D eigenvalue weighted by molar-refractivity contribution is 7.89.